The number of nitrogens with zero attached hydrogens (tertiary/aromatic N) is 1. The molecule has 0 aliphatic rings. The molecule has 0 aliphatic heterocycles. The van der Waals surface area contributed by atoms with Crippen molar-refractivity contribution < 1.29 is 24.2 Å². The summed E-state index contributed by atoms with van der Waals surface area (Å²) in [6, 6.07) is 4.26. The monoisotopic (exact) mass is 507 g/mol. The summed E-state index contributed by atoms with van der Waals surface area (Å²) in [5.41, 5.74) is -0.264. The molecule has 1 aromatic carbocycles. The zero-order chi connectivity index (χ0) is 26.6. The summed E-state index contributed by atoms with van der Waals surface area (Å²) >= 11 is 1.54. The number of carbonyl (C=O) groups is 3. The van der Waals surface area contributed by atoms with Gasteiger partial charge in [-0.05, 0) is 70.2 Å². The Morgan fingerprint density at radius 3 is 2.46 bits per heavy atom. The molecule has 196 valence electrons. The Morgan fingerprint density at radius 1 is 1.23 bits per heavy atom. The summed E-state index contributed by atoms with van der Waals surface area (Å²) in [5, 5.41) is 15.7. The Morgan fingerprint density at radius 2 is 1.91 bits per heavy atom. The van der Waals surface area contributed by atoms with Crippen molar-refractivity contribution in [3.8, 4) is 5.75 Å². The van der Waals surface area contributed by atoms with E-state index in [-0.39, 0.29) is 24.2 Å². The first kappa shape index (κ1) is 30.4. The van der Waals surface area contributed by atoms with Crippen LogP contribution in [0.15, 0.2) is 36.9 Å². The second-order valence-corrected chi connectivity index (χ2v) is 10.4. The van der Waals surface area contributed by atoms with Crippen LogP contribution in [0.25, 0.3) is 0 Å². The second kappa shape index (κ2) is 14.7. The van der Waals surface area contributed by atoms with E-state index in [1.165, 1.54) is 23.1 Å². The standard InChI is InChI=1S/C26H41N3O5S/c1-8-11-18(3)27-23(31)22(19-12-10-13-20(30)17-19)29(15-9-2)24(32)21(14-16-35-7)28-25(33)34-26(4,5)6/h9-10,12-13,17-18,21-22,30H,2,8,11,14-16H2,1,3-7H3,(H,27,31)(H,28,33). The Bertz CT molecular complexity index is 856. The maximum atomic E-state index is 13.8. The van der Waals surface area contributed by atoms with E-state index in [1.807, 2.05) is 20.1 Å². The largest absolute Gasteiger partial charge is 0.508 e. The molecule has 0 aliphatic carbocycles. The average Bonchev–Trinajstić information content (AvgIpc) is 2.74. The molecule has 0 radical (unpaired) electrons. The Kier molecular flexibility index (Phi) is 12.7. The highest BCUT2D eigenvalue weighted by Gasteiger charge is 2.36. The van der Waals surface area contributed by atoms with Gasteiger partial charge in [0.15, 0.2) is 0 Å². The number of ether oxygens (including phenoxy) is 1. The first-order chi connectivity index (χ1) is 16.4. The van der Waals surface area contributed by atoms with Gasteiger partial charge in [0, 0.05) is 12.6 Å². The predicted molar refractivity (Wildman–Crippen MR) is 141 cm³/mol. The highest BCUT2D eigenvalue weighted by atomic mass is 32.2. The van der Waals surface area contributed by atoms with Crippen LogP contribution in [-0.2, 0) is 14.3 Å². The van der Waals surface area contributed by atoms with Gasteiger partial charge in [0.25, 0.3) is 0 Å². The number of nitrogens with one attached hydrogen (secondary N) is 2. The maximum absolute atomic E-state index is 13.8. The summed E-state index contributed by atoms with van der Waals surface area (Å²) in [4.78, 5) is 41.2. The first-order valence-corrected chi connectivity index (χ1v) is 13.3. The van der Waals surface area contributed by atoms with Crippen LogP contribution in [0, 0.1) is 0 Å². The van der Waals surface area contributed by atoms with Gasteiger partial charge in [-0.15, -0.1) is 6.58 Å². The van der Waals surface area contributed by atoms with Crippen LogP contribution in [0.5, 0.6) is 5.75 Å². The number of aromatic hydroxyl groups is 1. The summed E-state index contributed by atoms with van der Waals surface area (Å²) in [6.07, 6.45) is 4.78. The Balaban J connectivity index is 3.40. The fourth-order valence-electron chi connectivity index (χ4n) is 3.60. The normalized spacial score (nSPS) is 13.8. The fourth-order valence-corrected chi connectivity index (χ4v) is 4.07. The molecule has 0 fully saturated rings. The molecule has 3 unspecified atom stereocenters. The molecular formula is C26H41N3O5S. The topological polar surface area (TPSA) is 108 Å². The van der Waals surface area contributed by atoms with E-state index in [9.17, 15) is 19.5 Å². The minimum absolute atomic E-state index is 0.0151. The van der Waals surface area contributed by atoms with Crippen LogP contribution in [0.4, 0.5) is 4.79 Å². The van der Waals surface area contributed by atoms with E-state index in [1.54, 1.807) is 44.7 Å². The van der Waals surface area contributed by atoms with Gasteiger partial charge in [0.1, 0.15) is 23.4 Å². The second-order valence-electron chi connectivity index (χ2n) is 9.46. The smallest absolute Gasteiger partial charge is 0.408 e. The molecular weight excluding hydrogens is 466 g/mol. The maximum Gasteiger partial charge on any atom is 0.408 e. The van der Waals surface area contributed by atoms with E-state index in [0.29, 0.717) is 17.7 Å². The van der Waals surface area contributed by atoms with Crippen LogP contribution in [0.2, 0.25) is 0 Å². The molecule has 0 saturated carbocycles. The molecule has 0 spiro atoms. The van der Waals surface area contributed by atoms with Crippen LogP contribution in [0.1, 0.15) is 65.5 Å². The zero-order valence-corrected chi connectivity index (χ0v) is 22.6. The number of rotatable bonds is 13. The lowest BCUT2D eigenvalue weighted by molar-refractivity contribution is -0.142. The lowest BCUT2D eigenvalue weighted by Gasteiger charge is -2.34. The molecule has 8 nitrogen and oxygen atoms in total. The highest BCUT2D eigenvalue weighted by molar-refractivity contribution is 7.98. The number of carbonyl (C=O) groups excluding carboxylic acids is 3. The quantitative estimate of drug-likeness (QED) is 0.342. The van der Waals surface area contributed by atoms with Gasteiger partial charge in [-0.25, -0.2) is 4.79 Å². The third-order valence-electron chi connectivity index (χ3n) is 5.06. The average molecular weight is 508 g/mol. The third kappa shape index (κ3) is 10.6. The zero-order valence-electron chi connectivity index (χ0n) is 21.8. The van der Waals surface area contributed by atoms with Crippen LogP contribution in [-0.4, -0.2) is 64.2 Å². The minimum Gasteiger partial charge on any atom is -0.508 e. The van der Waals surface area contributed by atoms with E-state index in [0.717, 1.165) is 12.8 Å². The van der Waals surface area contributed by atoms with E-state index in [4.69, 9.17) is 4.74 Å². The van der Waals surface area contributed by atoms with E-state index < -0.39 is 29.7 Å². The van der Waals surface area contributed by atoms with Gasteiger partial charge in [-0.1, -0.05) is 31.6 Å². The van der Waals surface area contributed by atoms with Gasteiger partial charge >= 0.3 is 6.09 Å². The predicted octanol–water partition coefficient (Wildman–Crippen LogP) is 4.40. The number of phenols is 1. The number of hydrogen-bond donors (Lipinski definition) is 3. The SMILES string of the molecule is C=CCN(C(=O)C(CCSC)NC(=O)OC(C)(C)C)C(C(=O)NC(C)CCC)c1cccc(O)c1. The third-order valence-corrected chi connectivity index (χ3v) is 5.71. The molecule has 3 N–H and O–H groups in total. The first-order valence-electron chi connectivity index (χ1n) is 11.9. The Labute approximate surface area is 213 Å². The molecule has 9 heteroatoms. The Hall–Kier alpha value is -2.68. The highest BCUT2D eigenvalue weighted by Crippen LogP contribution is 2.26. The van der Waals surface area contributed by atoms with E-state index in [2.05, 4.69) is 17.2 Å². The van der Waals surface area contributed by atoms with Crippen molar-refractivity contribution in [2.24, 2.45) is 0 Å². The molecule has 3 atom stereocenters. The minimum atomic E-state index is -1.02. The number of amides is 3. The van der Waals surface area contributed by atoms with Gasteiger partial charge < -0.3 is 25.4 Å². The number of phenolic OH excluding ortho intramolecular Hbond substituents is 1. The van der Waals surface area contributed by atoms with Crippen molar-refractivity contribution in [3.05, 3.63) is 42.5 Å². The van der Waals surface area contributed by atoms with Gasteiger partial charge in [-0.3, -0.25) is 9.59 Å². The van der Waals surface area contributed by atoms with Crippen molar-refractivity contribution in [1.29, 1.82) is 0 Å². The molecule has 0 bridgehead atoms. The summed E-state index contributed by atoms with van der Waals surface area (Å²) in [5.74, 6) is -0.201. The number of hydrogen-bond acceptors (Lipinski definition) is 6. The summed E-state index contributed by atoms with van der Waals surface area (Å²) in [6.45, 7) is 13.0. The van der Waals surface area contributed by atoms with Crippen molar-refractivity contribution in [1.82, 2.24) is 15.5 Å². The molecule has 3 amide bonds. The molecule has 1 aromatic rings. The lowest BCUT2D eigenvalue weighted by atomic mass is 10.0. The summed E-state index contributed by atoms with van der Waals surface area (Å²) in [7, 11) is 0. The van der Waals surface area contributed by atoms with Crippen LogP contribution >= 0.6 is 11.8 Å². The molecule has 0 aromatic heterocycles. The molecule has 0 heterocycles. The van der Waals surface area contributed by atoms with Crippen LogP contribution in [0.3, 0.4) is 0 Å². The number of alkyl carbamates (subject to hydrolysis) is 1. The fraction of sp³-hybridized carbons (Fsp3) is 0.577. The molecule has 0 saturated heterocycles. The van der Waals surface area contributed by atoms with Crippen LogP contribution < -0.4 is 10.6 Å². The van der Waals surface area contributed by atoms with Gasteiger partial charge in [0.05, 0.1) is 0 Å². The van der Waals surface area contributed by atoms with Gasteiger partial charge in [-0.2, -0.15) is 11.8 Å². The number of thioether (sulfide) groups is 1. The molecule has 35 heavy (non-hydrogen) atoms. The summed E-state index contributed by atoms with van der Waals surface area (Å²) < 4.78 is 5.37. The number of benzene rings is 1. The lowest BCUT2D eigenvalue weighted by Crippen LogP contribution is -2.53. The van der Waals surface area contributed by atoms with Crippen molar-refractivity contribution in [2.75, 3.05) is 18.6 Å². The van der Waals surface area contributed by atoms with Crippen molar-refractivity contribution in [3.63, 3.8) is 0 Å². The van der Waals surface area contributed by atoms with Gasteiger partial charge in [0.2, 0.25) is 11.8 Å². The molecule has 1 rings (SSSR count). The van der Waals surface area contributed by atoms with Crippen molar-refractivity contribution in [2.45, 2.75) is 77.6 Å². The van der Waals surface area contributed by atoms with E-state index >= 15 is 0 Å². The van der Waals surface area contributed by atoms with Crippen molar-refractivity contribution >= 4 is 29.7 Å².